The molecule has 2 aliphatic rings. The molecule has 27 heavy (non-hydrogen) atoms. The molecule has 2 saturated heterocycles. The fourth-order valence-corrected chi connectivity index (χ4v) is 5.37. The first-order chi connectivity index (χ1) is 13.1. The number of hydrogen-bond donors (Lipinski definition) is 1. The number of benzene rings is 1. The predicted octanol–water partition coefficient (Wildman–Crippen LogP) is 2.42. The normalized spacial score (nSPS) is 21.4. The third-order valence-electron chi connectivity index (χ3n) is 4.77. The minimum atomic E-state index is -3.46. The number of ether oxygens (including phenoxy) is 2. The number of nitrogens with zero attached hydrogens (tertiary/aromatic N) is 2. The van der Waals surface area contributed by atoms with Crippen molar-refractivity contribution in [2.75, 3.05) is 44.8 Å². The van der Waals surface area contributed by atoms with Crippen molar-refractivity contribution in [1.82, 2.24) is 9.29 Å². The Labute approximate surface area is 163 Å². The standard InChI is InChI=1S/C18H23N3O4S2/c22-27(23,21-7-10-24-11-8-21)16-5-3-14(4-6-16)17-13-26-18(20-17)19-12-15-2-1-9-25-15/h3-6,13,15H,1-2,7-12H2,(H,19,20). The molecule has 146 valence electrons. The van der Waals surface area contributed by atoms with Crippen molar-refractivity contribution in [2.45, 2.75) is 23.8 Å². The summed E-state index contributed by atoms with van der Waals surface area (Å²) in [7, 11) is -3.46. The van der Waals surface area contributed by atoms with Gasteiger partial charge >= 0.3 is 0 Å². The Bertz CT molecular complexity index is 855. The first kappa shape index (κ1) is 18.8. The molecule has 7 nitrogen and oxygen atoms in total. The molecule has 4 rings (SSSR count). The Balaban J connectivity index is 1.42. The van der Waals surface area contributed by atoms with Crippen LogP contribution >= 0.6 is 11.3 Å². The zero-order chi connectivity index (χ0) is 18.7. The number of anilines is 1. The average Bonchev–Trinajstić information content (AvgIpc) is 3.39. The van der Waals surface area contributed by atoms with Crippen molar-refractivity contribution in [1.29, 1.82) is 0 Å². The topological polar surface area (TPSA) is 80.8 Å². The largest absolute Gasteiger partial charge is 0.379 e. The van der Waals surface area contributed by atoms with Crippen LogP contribution < -0.4 is 5.32 Å². The lowest BCUT2D eigenvalue weighted by Gasteiger charge is -2.26. The smallest absolute Gasteiger partial charge is 0.243 e. The highest BCUT2D eigenvalue weighted by Gasteiger charge is 2.26. The van der Waals surface area contributed by atoms with Crippen molar-refractivity contribution in [2.24, 2.45) is 0 Å². The van der Waals surface area contributed by atoms with Gasteiger partial charge in [0.1, 0.15) is 0 Å². The van der Waals surface area contributed by atoms with Gasteiger partial charge in [-0.2, -0.15) is 4.31 Å². The number of aromatic nitrogens is 1. The van der Waals surface area contributed by atoms with Gasteiger partial charge in [0.2, 0.25) is 10.0 Å². The van der Waals surface area contributed by atoms with Gasteiger partial charge in [-0.3, -0.25) is 0 Å². The van der Waals surface area contributed by atoms with Gasteiger partial charge in [-0.25, -0.2) is 13.4 Å². The summed E-state index contributed by atoms with van der Waals surface area (Å²) in [4.78, 5) is 4.90. The van der Waals surface area contributed by atoms with Crippen LogP contribution in [0.15, 0.2) is 34.5 Å². The van der Waals surface area contributed by atoms with Crippen LogP contribution in [0.5, 0.6) is 0 Å². The summed E-state index contributed by atoms with van der Waals surface area (Å²) in [6.07, 6.45) is 2.47. The number of rotatable bonds is 6. The Morgan fingerprint density at radius 2 is 1.96 bits per heavy atom. The lowest BCUT2D eigenvalue weighted by molar-refractivity contribution is 0.0730. The third kappa shape index (κ3) is 4.33. The Morgan fingerprint density at radius 1 is 1.19 bits per heavy atom. The second-order valence-electron chi connectivity index (χ2n) is 6.59. The van der Waals surface area contributed by atoms with Crippen LogP contribution in [0.4, 0.5) is 5.13 Å². The number of sulfonamides is 1. The fourth-order valence-electron chi connectivity index (χ4n) is 3.23. The molecule has 0 spiro atoms. The van der Waals surface area contributed by atoms with E-state index in [1.807, 2.05) is 17.5 Å². The average molecular weight is 410 g/mol. The fraction of sp³-hybridized carbons (Fsp3) is 0.500. The summed E-state index contributed by atoms with van der Waals surface area (Å²) in [5.41, 5.74) is 1.74. The van der Waals surface area contributed by atoms with E-state index in [4.69, 9.17) is 9.47 Å². The number of nitrogens with one attached hydrogen (secondary N) is 1. The maximum atomic E-state index is 12.7. The summed E-state index contributed by atoms with van der Waals surface area (Å²) < 4.78 is 37.7. The molecule has 1 aromatic heterocycles. The van der Waals surface area contributed by atoms with Gasteiger partial charge < -0.3 is 14.8 Å². The number of thiazole rings is 1. The van der Waals surface area contributed by atoms with Crippen molar-refractivity contribution in [3.8, 4) is 11.3 Å². The van der Waals surface area contributed by atoms with Gasteiger partial charge in [0, 0.05) is 37.2 Å². The monoisotopic (exact) mass is 409 g/mol. The van der Waals surface area contributed by atoms with Gasteiger partial charge in [0.25, 0.3) is 0 Å². The summed E-state index contributed by atoms with van der Waals surface area (Å²) >= 11 is 1.54. The second-order valence-corrected chi connectivity index (χ2v) is 9.39. The summed E-state index contributed by atoms with van der Waals surface area (Å²) in [6, 6.07) is 6.93. The maximum absolute atomic E-state index is 12.7. The molecule has 0 radical (unpaired) electrons. The van der Waals surface area contributed by atoms with Gasteiger partial charge in [0.15, 0.2) is 5.13 Å². The number of hydrogen-bond acceptors (Lipinski definition) is 7. The molecule has 0 aliphatic carbocycles. The third-order valence-corrected chi connectivity index (χ3v) is 7.48. The van der Waals surface area contributed by atoms with E-state index in [1.54, 1.807) is 23.5 Å². The van der Waals surface area contributed by atoms with Crippen LogP contribution in [-0.2, 0) is 19.5 Å². The molecule has 9 heteroatoms. The van der Waals surface area contributed by atoms with E-state index in [1.165, 1.54) is 4.31 Å². The predicted molar refractivity (Wildman–Crippen MR) is 105 cm³/mol. The van der Waals surface area contributed by atoms with Crippen LogP contribution in [0.1, 0.15) is 12.8 Å². The van der Waals surface area contributed by atoms with Crippen molar-refractivity contribution in [3.63, 3.8) is 0 Å². The van der Waals surface area contributed by atoms with Crippen LogP contribution in [0, 0.1) is 0 Å². The molecular weight excluding hydrogens is 386 g/mol. The minimum Gasteiger partial charge on any atom is -0.379 e. The van der Waals surface area contributed by atoms with E-state index in [2.05, 4.69) is 10.3 Å². The zero-order valence-electron chi connectivity index (χ0n) is 15.0. The zero-order valence-corrected chi connectivity index (χ0v) is 16.6. The van der Waals surface area contributed by atoms with Crippen LogP contribution in [-0.4, -0.2) is 63.3 Å². The molecule has 2 aliphatic heterocycles. The minimum absolute atomic E-state index is 0.266. The molecule has 1 unspecified atom stereocenters. The van der Waals surface area contributed by atoms with Crippen LogP contribution in [0.25, 0.3) is 11.3 Å². The molecule has 0 saturated carbocycles. The molecule has 0 bridgehead atoms. The van der Waals surface area contributed by atoms with E-state index in [-0.39, 0.29) is 6.10 Å². The highest BCUT2D eigenvalue weighted by atomic mass is 32.2. The second kappa shape index (κ2) is 8.24. The van der Waals surface area contributed by atoms with E-state index < -0.39 is 10.0 Å². The molecule has 1 aromatic carbocycles. The molecular formula is C18H23N3O4S2. The van der Waals surface area contributed by atoms with Crippen LogP contribution in [0.3, 0.4) is 0 Å². The molecule has 1 atom stereocenters. The van der Waals surface area contributed by atoms with E-state index in [0.717, 1.165) is 42.4 Å². The SMILES string of the molecule is O=S(=O)(c1ccc(-c2csc(NCC3CCCO3)n2)cc1)N1CCOCC1. The first-order valence-corrected chi connectivity index (χ1v) is 11.4. The Hall–Kier alpha value is -1.52. The van der Waals surface area contributed by atoms with Crippen LogP contribution in [0.2, 0.25) is 0 Å². The van der Waals surface area contributed by atoms with Gasteiger partial charge in [0.05, 0.1) is 29.9 Å². The molecule has 0 amide bonds. The molecule has 2 fully saturated rings. The van der Waals surface area contributed by atoms with Crippen molar-refractivity contribution in [3.05, 3.63) is 29.6 Å². The summed E-state index contributed by atoms with van der Waals surface area (Å²) in [5.74, 6) is 0. The summed E-state index contributed by atoms with van der Waals surface area (Å²) in [5, 5.41) is 6.15. The van der Waals surface area contributed by atoms with Gasteiger partial charge in [-0.1, -0.05) is 12.1 Å². The van der Waals surface area contributed by atoms with E-state index in [0.29, 0.717) is 31.2 Å². The molecule has 1 N–H and O–H groups in total. The van der Waals surface area contributed by atoms with E-state index >= 15 is 0 Å². The Morgan fingerprint density at radius 3 is 2.67 bits per heavy atom. The highest BCUT2D eigenvalue weighted by Crippen LogP contribution is 2.27. The first-order valence-electron chi connectivity index (χ1n) is 9.12. The Kier molecular flexibility index (Phi) is 5.74. The van der Waals surface area contributed by atoms with Crippen molar-refractivity contribution < 1.29 is 17.9 Å². The highest BCUT2D eigenvalue weighted by molar-refractivity contribution is 7.89. The van der Waals surface area contributed by atoms with Gasteiger partial charge in [-0.15, -0.1) is 11.3 Å². The van der Waals surface area contributed by atoms with Gasteiger partial charge in [-0.05, 0) is 25.0 Å². The molecule has 2 aromatic rings. The molecule has 3 heterocycles. The maximum Gasteiger partial charge on any atom is 0.243 e. The van der Waals surface area contributed by atoms with Crippen molar-refractivity contribution >= 4 is 26.5 Å². The lowest BCUT2D eigenvalue weighted by Crippen LogP contribution is -2.40. The quantitative estimate of drug-likeness (QED) is 0.789. The summed E-state index contributed by atoms with van der Waals surface area (Å²) in [6.45, 7) is 3.29. The van der Waals surface area contributed by atoms with E-state index in [9.17, 15) is 8.42 Å². The lowest BCUT2D eigenvalue weighted by atomic mass is 10.2. The number of morpholine rings is 1.